The highest BCUT2D eigenvalue weighted by atomic mass is 16.1. The fourth-order valence-electron chi connectivity index (χ4n) is 2.69. The molecule has 1 aliphatic carbocycles. The van der Waals surface area contributed by atoms with E-state index in [4.69, 9.17) is 11.5 Å². The van der Waals surface area contributed by atoms with Gasteiger partial charge in [-0.3, -0.25) is 9.59 Å². The highest BCUT2D eigenvalue weighted by molar-refractivity contribution is 6.18. The zero-order valence-electron chi connectivity index (χ0n) is 11.0. The molecule has 5 heteroatoms. The summed E-state index contributed by atoms with van der Waals surface area (Å²) in [6.45, 7) is 4.89. The number of carbonyl (C=O) groups is 2. The first kappa shape index (κ1) is 12.6. The molecule has 0 bridgehead atoms. The molecule has 1 aromatic carbocycles. The lowest BCUT2D eigenvalue weighted by Crippen LogP contribution is -2.42. The maximum absolute atomic E-state index is 12.2. The molecule has 102 valence electrons. The molecule has 1 aromatic rings. The minimum absolute atomic E-state index is 0.0160. The predicted molar refractivity (Wildman–Crippen MR) is 74.4 cm³/mol. The Balaban J connectivity index is 1.98. The van der Waals surface area contributed by atoms with E-state index in [0.717, 1.165) is 11.1 Å². The van der Waals surface area contributed by atoms with Crippen molar-refractivity contribution in [1.82, 2.24) is 4.90 Å². The van der Waals surface area contributed by atoms with Crippen molar-refractivity contribution >= 4 is 11.6 Å². The van der Waals surface area contributed by atoms with Gasteiger partial charge in [0.2, 0.25) is 5.78 Å². The van der Waals surface area contributed by atoms with Crippen molar-refractivity contribution in [2.75, 3.05) is 6.54 Å². The van der Waals surface area contributed by atoms with E-state index in [1.165, 1.54) is 0 Å². The van der Waals surface area contributed by atoms with E-state index in [1.807, 2.05) is 23.1 Å². The van der Waals surface area contributed by atoms with Gasteiger partial charge in [-0.1, -0.05) is 24.8 Å². The number of hydrogen-bond acceptors (Lipinski definition) is 5. The largest absolute Gasteiger partial charge is 0.394 e. The Morgan fingerprint density at radius 2 is 2.00 bits per heavy atom. The smallest absolute Gasteiger partial charge is 0.212 e. The number of fused-ring (bicyclic) bond motifs is 1. The fraction of sp³-hybridized carbons (Fsp3) is 0.200. The lowest BCUT2D eigenvalue weighted by molar-refractivity contribution is -0.113. The standard InChI is InChI=1S/C15H15N3O2/c1-8-14(13(17)15(8)20)18-6-10-4-9(5-16)2-3-11(10)12(19)7-18/h2-4H,1,5-7,16-17H2. The Hall–Kier alpha value is -2.40. The molecular weight excluding hydrogens is 254 g/mol. The summed E-state index contributed by atoms with van der Waals surface area (Å²) in [5.74, 6) is -0.212. The number of benzene rings is 1. The molecule has 0 spiro atoms. The van der Waals surface area contributed by atoms with Crippen molar-refractivity contribution in [3.63, 3.8) is 0 Å². The Kier molecular flexibility index (Phi) is 2.72. The monoisotopic (exact) mass is 269 g/mol. The summed E-state index contributed by atoms with van der Waals surface area (Å²) in [4.78, 5) is 25.4. The summed E-state index contributed by atoms with van der Waals surface area (Å²) in [6.07, 6.45) is 0. The Bertz CT molecular complexity index is 688. The molecule has 0 amide bonds. The molecule has 0 saturated heterocycles. The van der Waals surface area contributed by atoms with E-state index in [1.54, 1.807) is 0 Å². The van der Waals surface area contributed by atoms with Crippen molar-refractivity contribution in [3.05, 3.63) is 58.4 Å². The second-order valence-electron chi connectivity index (χ2n) is 5.04. The van der Waals surface area contributed by atoms with Crippen LogP contribution in [-0.2, 0) is 17.9 Å². The highest BCUT2D eigenvalue weighted by Gasteiger charge is 2.36. The first-order valence-electron chi connectivity index (χ1n) is 6.36. The molecule has 2 aliphatic rings. The fourth-order valence-corrected chi connectivity index (χ4v) is 2.69. The van der Waals surface area contributed by atoms with E-state index in [-0.39, 0.29) is 23.8 Å². The third kappa shape index (κ3) is 1.67. The number of rotatable bonds is 2. The molecule has 0 fully saturated rings. The van der Waals surface area contributed by atoms with Crippen molar-refractivity contribution in [3.8, 4) is 0 Å². The number of ketones is 2. The number of hydrogen-bond donors (Lipinski definition) is 2. The van der Waals surface area contributed by atoms with Gasteiger partial charge in [0.05, 0.1) is 12.2 Å². The van der Waals surface area contributed by atoms with Gasteiger partial charge in [0.25, 0.3) is 0 Å². The Labute approximate surface area is 116 Å². The van der Waals surface area contributed by atoms with Gasteiger partial charge in [0.1, 0.15) is 5.70 Å². The topological polar surface area (TPSA) is 89.4 Å². The first-order chi connectivity index (χ1) is 9.52. The van der Waals surface area contributed by atoms with Gasteiger partial charge in [-0.25, -0.2) is 0 Å². The summed E-state index contributed by atoms with van der Waals surface area (Å²) in [7, 11) is 0. The summed E-state index contributed by atoms with van der Waals surface area (Å²) in [6, 6.07) is 5.61. The summed E-state index contributed by atoms with van der Waals surface area (Å²) < 4.78 is 0. The van der Waals surface area contributed by atoms with Gasteiger partial charge in [0, 0.05) is 24.2 Å². The normalized spacial score (nSPS) is 18.2. The van der Waals surface area contributed by atoms with Crippen LogP contribution in [0.4, 0.5) is 0 Å². The van der Waals surface area contributed by atoms with Crippen LogP contribution in [0.25, 0.3) is 0 Å². The SMILES string of the molecule is C=C1C(=O)C(N)=C1N1CC(=O)c2ccc(CN)cc2C1. The van der Waals surface area contributed by atoms with Crippen LogP contribution in [0.2, 0.25) is 0 Å². The molecule has 0 atom stereocenters. The van der Waals surface area contributed by atoms with Crippen LogP contribution in [0.3, 0.4) is 0 Å². The lowest BCUT2D eigenvalue weighted by atomic mass is 9.89. The van der Waals surface area contributed by atoms with Crippen LogP contribution < -0.4 is 11.5 Å². The van der Waals surface area contributed by atoms with E-state index in [9.17, 15) is 9.59 Å². The molecule has 0 radical (unpaired) electrons. The van der Waals surface area contributed by atoms with Crippen molar-refractivity contribution < 1.29 is 9.59 Å². The average molecular weight is 269 g/mol. The van der Waals surface area contributed by atoms with Gasteiger partial charge in [0.15, 0.2) is 5.78 Å². The molecule has 1 aliphatic heterocycles. The van der Waals surface area contributed by atoms with Gasteiger partial charge in [-0.15, -0.1) is 0 Å². The number of nitrogens with zero attached hydrogens (tertiary/aromatic N) is 1. The molecule has 4 N–H and O–H groups in total. The van der Waals surface area contributed by atoms with Crippen LogP contribution in [0.1, 0.15) is 21.5 Å². The third-order valence-corrected chi connectivity index (χ3v) is 3.78. The number of allylic oxidation sites excluding steroid dienone is 2. The van der Waals surface area contributed by atoms with E-state index < -0.39 is 0 Å². The van der Waals surface area contributed by atoms with Crippen LogP contribution in [-0.4, -0.2) is 23.0 Å². The van der Waals surface area contributed by atoms with Crippen LogP contribution in [0, 0.1) is 0 Å². The summed E-state index contributed by atoms with van der Waals surface area (Å²) in [5.41, 5.74) is 15.1. The lowest BCUT2D eigenvalue weighted by Gasteiger charge is -2.36. The van der Waals surface area contributed by atoms with E-state index >= 15 is 0 Å². The summed E-state index contributed by atoms with van der Waals surface area (Å²) >= 11 is 0. The molecule has 0 aromatic heterocycles. The van der Waals surface area contributed by atoms with Crippen LogP contribution >= 0.6 is 0 Å². The molecule has 3 rings (SSSR count). The Morgan fingerprint density at radius 1 is 1.25 bits per heavy atom. The minimum atomic E-state index is -0.228. The molecular formula is C15H15N3O2. The molecule has 1 heterocycles. The van der Waals surface area contributed by atoms with Crippen molar-refractivity contribution in [2.45, 2.75) is 13.1 Å². The molecule has 0 saturated carbocycles. The Morgan fingerprint density at radius 3 is 2.65 bits per heavy atom. The van der Waals surface area contributed by atoms with E-state index in [2.05, 4.69) is 6.58 Å². The third-order valence-electron chi connectivity index (χ3n) is 3.78. The number of nitrogens with two attached hydrogens (primary N) is 2. The van der Waals surface area contributed by atoms with Gasteiger partial charge in [-0.2, -0.15) is 0 Å². The predicted octanol–water partition coefficient (Wildman–Crippen LogP) is 0.453. The maximum Gasteiger partial charge on any atom is 0.212 e. The molecule has 5 nitrogen and oxygen atoms in total. The first-order valence-corrected chi connectivity index (χ1v) is 6.36. The number of carbonyl (C=O) groups excluding carboxylic acids is 2. The van der Waals surface area contributed by atoms with Gasteiger partial charge >= 0.3 is 0 Å². The second-order valence-corrected chi connectivity index (χ2v) is 5.04. The van der Waals surface area contributed by atoms with Crippen LogP contribution in [0.5, 0.6) is 0 Å². The maximum atomic E-state index is 12.2. The molecule has 0 unspecified atom stereocenters. The zero-order chi connectivity index (χ0) is 14.4. The number of Topliss-reactive ketones (excluding diaryl/α,β-unsaturated/α-hetero) is 2. The quantitative estimate of drug-likeness (QED) is 0.761. The van der Waals surface area contributed by atoms with E-state index in [0.29, 0.717) is 29.9 Å². The highest BCUT2D eigenvalue weighted by Crippen LogP contribution is 2.33. The van der Waals surface area contributed by atoms with Crippen molar-refractivity contribution in [2.24, 2.45) is 11.5 Å². The second kappa shape index (κ2) is 4.31. The zero-order valence-corrected chi connectivity index (χ0v) is 11.0. The van der Waals surface area contributed by atoms with Crippen molar-refractivity contribution in [1.29, 1.82) is 0 Å². The van der Waals surface area contributed by atoms with Gasteiger partial charge in [-0.05, 0) is 11.1 Å². The van der Waals surface area contributed by atoms with Gasteiger partial charge < -0.3 is 16.4 Å². The average Bonchev–Trinajstić information content (AvgIpc) is 2.46. The minimum Gasteiger partial charge on any atom is -0.394 e. The molecule has 20 heavy (non-hydrogen) atoms. The summed E-state index contributed by atoms with van der Waals surface area (Å²) in [5, 5.41) is 0. The van der Waals surface area contributed by atoms with Crippen LogP contribution in [0.15, 0.2) is 41.7 Å².